The van der Waals surface area contributed by atoms with E-state index in [4.69, 9.17) is 0 Å². The maximum atomic E-state index is 12.5. The summed E-state index contributed by atoms with van der Waals surface area (Å²) in [5.41, 5.74) is 2.58. The molecule has 0 aliphatic carbocycles. The van der Waals surface area contributed by atoms with Gasteiger partial charge < -0.3 is 14.8 Å². The van der Waals surface area contributed by atoms with Crippen molar-refractivity contribution in [3.63, 3.8) is 0 Å². The Bertz CT molecular complexity index is 626. The Morgan fingerprint density at radius 2 is 2.05 bits per heavy atom. The lowest BCUT2D eigenvalue weighted by Gasteiger charge is -2.34. The number of carbonyl (C=O) groups excluding carboxylic acids is 1. The molecule has 106 valence electrons. The van der Waals surface area contributed by atoms with E-state index in [1.807, 2.05) is 30.0 Å². The minimum absolute atomic E-state index is 0.120. The van der Waals surface area contributed by atoms with E-state index in [1.165, 1.54) is 0 Å². The molecule has 1 N–H and O–H groups in total. The number of piperazine rings is 1. The number of rotatable bonds is 2. The molecule has 5 nitrogen and oxygen atoms in total. The smallest absolute Gasteiger partial charge is 0.254 e. The molecular weight excluding hydrogens is 252 g/mol. The fourth-order valence-electron chi connectivity index (χ4n) is 2.72. The highest BCUT2D eigenvalue weighted by Gasteiger charge is 2.21. The highest BCUT2D eigenvalue weighted by Crippen LogP contribution is 2.16. The van der Waals surface area contributed by atoms with Gasteiger partial charge in [0.05, 0.1) is 11.0 Å². The molecule has 1 aromatic heterocycles. The fourth-order valence-corrected chi connectivity index (χ4v) is 2.72. The third-order valence-corrected chi connectivity index (χ3v) is 3.95. The van der Waals surface area contributed by atoms with Gasteiger partial charge in [0.1, 0.15) is 5.82 Å². The van der Waals surface area contributed by atoms with Crippen molar-refractivity contribution in [3.05, 3.63) is 29.6 Å². The Morgan fingerprint density at radius 1 is 1.30 bits per heavy atom. The molecule has 2 heterocycles. The second-order valence-corrected chi connectivity index (χ2v) is 5.28. The van der Waals surface area contributed by atoms with Gasteiger partial charge in [-0.1, -0.05) is 6.92 Å². The van der Waals surface area contributed by atoms with Crippen LogP contribution in [0.2, 0.25) is 0 Å². The van der Waals surface area contributed by atoms with E-state index < -0.39 is 0 Å². The Morgan fingerprint density at radius 3 is 2.75 bits per heavy atom. The number of amides is 1. The first-order valence-electron chi connectivity index (χ1n) is 7.15. The van der Waals surface area contributed by atoms with Crippen molar-refractivity contribution >= 4 is 16.9 Å². The average Bonchev–Trinajstić information content (AvgIpc) is 2.85. The molecule has 3 rings (SSSR count). The van der Waals surface area contributed by atoms with Gasteiger partial charge in [0, 0.05) is 31.7 Å². The molecule has 1 aliphatic rings. The number of hydrogen-bond acceptors (Lipinski definition) is 3. The molecule has 0 unspecified atom stereocenters. The predicted molar refractivity (Wildman–Crippen MR) is 78.8 cm³/mol. The van der Waals surface area contributed by atoms with Gasteiger partial charge in [-0.2, -0.15) is 0 Å². The van der Waals surface area contributed by atoms with Crippen molar-refractivity contribution in [2.24, 2.45) is 0 Å². The molecule has 2 aromatic rings. The number of nitrogens with one attached hydrogen (secondary N) is 1. The van der Waals surface area contributed by atoms with E-state index in [9.17, 15) is 4.79 Å². The summed E-state index contributed by atoms with van der Waals surface area (Å²) in [6, 6.07) is 5.69. The molecule has 1 fully saturated rings. The number of aromatic nitrogens is 2. The maximum absolute atomic E-state index is 12.5. The molecule has 0 radical (unpaired) electrons. The second kappa shape index (κ2) is 5.25. The highest BCUT2D eigenvalue weighted by molar-refractivity contribution is 5.97. The minimum atomic E-state index is 0.120. The van der Waals surface area contributed by atoms with Crippen LogP contribution >= 0.6 is 0 Å². The van der Waals surface area contributed by atoms with E-state index in [1.54, 1.807) is 0 Å². The quantitative estimate of drug-likeness (QED) is 0.904. The van der Waals surface area contributed by atoms with Gasteiger partial charge >= 0.3 is 0 Å². The number of H-pyrrole nitrogens is 1. The van der Waals surface area contributed by atoms with Crippen LogP contribution < -0.4 is 0 Å². The zero-order valence-corrected chi connectivity index (χ0v) is 12.0. The van der Waals surface area contributed by atoms with Crippen LogP contribution in [-0.2, 0) is 0 Å². The van der Waals surface area contributed by atoms with E-state index >= 15 is 0 Å². The Labute approximate surface area is 118 Å². The third-order valence-electron chi connectivity index (χ3n) is 3.95. The zero-order chi connectivity index (χ0) is 14.1. The van der Waals surface area contributed by atoms with Crippen LogP contribution in [0.5, 0.6) is 0 Å². The molecule has 1 amide bonds. The summed E-state index contributed by atoms with van der Waals surface area (Å²) in [7, 11) is 0. The minimum Gasteiger partial charge on any atom is -0.342 e. The van der Waals surface area contributed by atoms with Crippen molar-refractivity contribution in [2.45, 2.75) is 13.8 Å². The normalized spacial score (nSPS) is 16.8. The topological polar surface area (TPSA) is 52.2 Å². The van der Waals surface area contributed by atoms with Crippen molar-refractivity contribution in [2.75, 3.05) is 32.7 Å². The van der Waals surface area contributed by atoms with Gasteiger partial charge in [-0.15, -0.1) is 0 Å². The summed E-state index contributed by atoms with van der Waals surface area (Å²) >= 11 is 0. The van der Waals surface area contributed by atoms with Crippen LogP contribution in [0, 0.1) is 6.92 Å². The van der Waals surface area contributed by atoms with E-state index in [2.05, 4.69) is 21.8 Å². The summed E-state index contributed by atoms with van der Waals surface area (Å²) in [6.45, 7) is 8.69. The molecule has 1 aromatic carbocycles. The summed E-state index contributed by atoms with van der Waals surface area (Å²) in [5.74, 6) is 0.996. The predicted octanol–water partition coefficient (Wildman–Crippen LogP) is 1.65. The maximum Gasteiger partial charge on any atom is 0.254 e. The van der Waals surface area contributed by atoms with Crippen LogP contribution in [0.15, 0.2) is 18.2 Å². The lowest BCUT2D eigenvalue weighted by molar-refractivity contribution is 0.0643. The Hall–Kier alpha value is -1.88. The number of nitrogens with zero attached hydrogens (tertiary/aromatic N) is 3. The lowest BCUT2D eigenvalue weighted by Crippen LogP contribution is -2.48. The zero-order valence-electron chi connectivity index (χ0n) is 12.0. The molecule has 0 bridgehead atoms. The van der Waals surface area contributed by atoms with Crippen molar-refractivity contribution < 1.29 is 4.79 Å². The third kappa shape index (κ3) is 2.41. The number of hydrogen-bond donors (Lipinski definition) is 1. The second-order valence-electron chi connectivity index (χ2n) is 5.28. The van der Waals surface area contributed by atoms with Crippen molar-refractivity contribution in [3.8, 4) is 0 Å². The number of likely N-dealkylation sites (N-methyl/N-ethyl adjacent to an activating group) is 1. The molecule has 20 heavy (non-hydrogen) atoms. The molecule has 0 atom stereocenters. The number of aromatic amines is 1. The standard InChI is InChI=1S/C15H20N4O/c1-3-18-6-8-19(9-7-18)15(20)12-4-5-13-14(10-12)17-11(2)16-13/h4-5,10H,3,6-9H2,1-2H3,(H,16,17). The summed E-state index contributed by atoms with van der Waals surface area (Å²) < 4.78 is 0. The first-order chi connectivity index (χ1) is 9.67. The van der Waals surface area contributed by atoms with Gasteiger partial charge in [0.2, 0.25) is 0 Å². The number of fused-ring (bicyclic) bond motifs is 1. The van der Waals surface area contributed by atoms with Crippen LogP contribution in [-0.4, -0.2) is 58.4 Å². The van der Waals surface area contributed by atoms with Gasteiger partial charge in [-0.05, 0) is 31.7 Å². The molecule has 1 saturated heterocycles. The lowest BCUT2D eigenvalue weighted by atomic mass is 10.1. The first-order valence-corrected chi connectivity index (χ1v) is 7.15. The van der Waals surface area contributed by atoms with Crippen LogP contribution in [0.25, 0.3) is 11.0 Å². The van der Waals surface area contributed by atoms with E-state index in [0.29, 0.717) is 0 Å². The van der Waals surface area contributed by atoms with Gasteiger partial charge in [0.15, 0.2) is 0 Å². The van der Waals surface area contributed by atoms with Crippen LogP contribution in [0.1, 0.15) is 23.1 Å². The molecule has 5 heteroatoms. The average molecular weight is 272 g/mol. The first kappa shape index (κ1) is 13.1. The van der Waals surface area contributed by atoms with Gasteiger partial charge in [-0.25, -0.2) is 4.98 Å². The van der Waals surface area contributed by atoms with Crippen LogP contribution in [0.3, 0.4) is 0 Å². The largest absolute Gasteiger partial charge is 0.342 e. The highest BCUT2D eigenvalue weighted by atomic mass is 16.2. The van der Waals surface area contributed by atoms with Crippen molar-refractivity contribution in [1.29, 1.82) is 0 Å². The van der Waals surface area contributed by atoms with Crippen LogP contribution in [0.4, 0.5) is 0 Å². The molecule has 0 spiro atoms. The number of carbonyl (C=O) groups is 1. The summed E-state index contributed by atoms with van der Waals surface area (Å²) in [6.07, 6.45) is 0. The Kier molecular flexibility index (Phi) is 3.44. The van der Waals surface area contributed by atoms with Gasteiger partial charge in [-0.3, -0.25) is 4.79 Å². The fraction of sp³-hybridized carbons (Fsp3) is 0.467. The van der Waals surface area contributed by atoms with Crippen molar-refractivity contribution in [1.82, 2.24) is 19.8 Å². The number of benzene rings is 1. The number of aryl methyl sites for hydroxylation is 1. The van der Waals surface area contributed by atoms with Gasteiger partial charge in [0.25, 0.3) is 5.91 Å². The molecule has 0 saturated carbocycles. The monoisotopic (exact) mass is 272 g/mol. The van der Waals surface area contributed by atoms with E-state index in [0.717, 1.165) is 55.1 Å². The molecular formula is C15H20N4O. The SMILES string of the molecule is CCN1CCN(C(=O)c2ccc3nc(C)[nH]c3c2)CC1. The molecule has 1 aliphatic heterocycles. The Balaban J connectivity index is 1.78. The number of imidazole rings is 1. The summed E-state index contributed by atoms with van der Waals surface area (Å²) in [5, 5.41) is 0. The summed E-state index contributed by atoms with van der Waals surface area (Å²) in [4.78, 5) is 24.4. The van der Waals surface area contributed by atoms with E-state index in [-0.39, 0.29) is 5.91 Å².